The predicted molar refractivity (Wildman–Crippen MR) is 131 cm³/mol. The lowest BCUT2D eigenvalue weighted by atomic mass is 10.2. The van der Waals surface area contributed by atoms with Gasteiger partial charge in [0.05, 0.1) is 25.0 Å². The highest BCUT2D eigenvalue weighted by Gasteiger charge is 2.20. The predicted octanol–water partition coefficient (Wildman–Crippen LogP) is 2.47. The van der Waals surface area contributed by atoms with Crippen LogP contribution >= 0.6 is 24.8 Å². The number of nitrogens with zero attached hydrogens (tertiary/aromatic N) is 9. The molecule has 1 aromatic carbocycles. The molecule has 12 heteroatoms. The number of fused-ring (bicyclic) bond motifs is 1. The number of benzene rings is 1. The summed E-state index contributed by atoms with van der Waals surface area (Å²) in [7, 11) is 1.66. The van der Waals surface area contributed by atoms with Crippen LogP contribution in [0.2, 0.25) is 0 Å². The van der Waals surface area contributed by atoms with Crippen molar-refractivity contribution in [2.45, 2.75) is 13.0 Å². The molecule has 4 heterocycles. The summed E-state index contributed by atoms with van der Waals surface area (Å²) in [5, 5.41) is 13.5. The van der Waals surface area contributed by atoms with Crippen LogP contribution in [0, 0.1) is 0 Å². The summed E-state index contributed by atoms with van der Waals surface area (Å²) < 4.78 is 9.38. The summed E-state index contributed by atoms with van der Waals surface area (Å²) in [5.41, 5.74) is 2.19. The normalized spacial score (nSPS) is 14.0. The molecule has 0 atom stereocenters. The third-order valence-corrected chi connectivity index (χ3v) is 5.74. The van der Waals surface area contributed by atoms with Crippen LogP contribution < -0.4 is 9.64 Å². The van der Waals surface area contributed by atoms with E-state index in [-0.39, 0.29) is 24.8 Å². The van der Waals surface area contributed by atoms with Crippen LogP contribution in [0.1, 0.15) is 6.42 Å². The van der Waals surface area contributed by atoms with Gasteiger partial charge in [0.2, 0.25) is 0 Å². The van der Waals surface area contributed by atoms with Crippen molar-refractivity contribution in [2.75, 3.05) is 44.7 Å². The van der Waals surface area contributed by atoms with Gasteiger partial charge < -0.3 is 9.64 Å². The van der Waals surface area contributed by atoms with Crippen molar-refractivity contribution in [3.05, 3.63) is 49.6 Å². The van der Waals surface area contributed by atoms with E-state index in [4.69, 9.17) is 4.74 Å². The Hall–Kier alpha value is -2.95. The SMILES string of the molecule is COc1cncnc1N1CCN(CCCn2ncc3cc(-n4cnnc4)ccc32)CC1.Cl.Cl. The van der Waals surface area contributed by atoms with Gasteiger partial charge in [0.1, 0.15) is 19.0 Å². The summed E-state index contributed by atoms with van der Waals surface area (Å²) in [5.74, 6) is 1.61. The van der Waals surface area contributed by atoms with Crippen molar-refractivity contribution in [2.24, 2.45) is 0 Å². The Morgan fingerprint density at radius 1 is 0.970 bits per heavy atom. The molecular formula is C21H27Cl2N9O. The fraction of sp³-hybridized carbons (Fsp3) is 0.381. The Morgan fingerprint density at radius 3 is 2.52 bits per heavy atom. The van der Waals surface area contributed by atoms with Gasteiger partial charge in [0.15, 0.2) is 11.6 Å². The van der Waals surface area contributed by atoms with E-state index in [2.05, 4.69) is 57.9 Å². The molecule has 4 aromatic rings. The number of aryl methyl sites for hydroxylation is 1. The third kappa shape index (κ3) is 5.35. The van der Waals surface area contributed by atoms with Crippen molar-refractivity contribution in [3.63, 3.8) is 0 Å². The molecule has 0 unspecified atom stereocenters. The Balaban J connectivity index is 0.00000153. The Kier molecular flexibility index (Phi) is 8.43. The van der Waals surface area contributed by atoms with E-state index in [9.17, 15) is 0 Å². The second-order valence-electron chi connectivity index (χ2n) is 7.58. The van der Waals surface area contributed by atoms with Gasteiger partial charge in [0.25, 0.3) is 0 Å². The Morgan fingerprint density at radius 2 is 1.76 bits per heavy atom. The molecule has 0 spiro atoms. The number of rotatable bonds is 7. The lowest BCUT2D eigenvalue weighted by molar-refractivity contribution is 0.248. The van der Waals surface area contributed by atoms with Crippen LogP contribution in [0.3, 0.4) is 0 Å². The van der Waals surface area contributed by atoms with E-state index in [1.165, 1.54) is 0 Å². The number of anilines is 1. The van der Waals surface area contributed by atoms with E-state index >= 15 is 0 Å². The average Bonchev–Trinajstić information content (AvgIpc) is 3.50. The summed E-state index contributed by atoms with van der Waals surface area (Å²) in [6.45, 7) is 5.84. The number of ether oxygens (including phenoxy) is 1. The summed E-state index contributed by atoms with van der Waals surface area (Å²) in [4.78, 5) is 13.2. The highest BCUT2D eigenvalue weighted by atomic mass is 35.5. The van der Waals surface area contributed by atoms with Crippen molar-refractivity contribution in [3.8, 4) is 11.4 Å². The molecule has 0 radical (unpaired) electrons. The third-order valence-electron chi connectivity index (χ3n) is 5.74. The molecule has 0 bridgehead atoms. The van der Waals surface area contributed by atoms with Gasteiger partial charge in [-0.25, -0.2) is 9.97 Å². The molecule has 10 nitrogen and oxygen atoms in total. The van der Waals surface area contributed by atoms with Gasteiger partial charge in [-0.05, 0) is 24.6 Å². The fourth-order valence-electron chi connectivity index (χ4n) is 4.07. The van der Waals surface area contributed by atoms with Crippen molar-refractivity contribution in [1.29, 1.82) is 0 Å². The van der Waals surface area contributed by atoms with Gasteiger partial charge in [0, 0.05) is 50.3 Å². The first kappa shape index (κ1) is 24.7. The number of halogens is 2. The van der Waals surface area contributed by atoms with E-state index in [0.29, 0.717) is 0 Å². The largest absolute Gasteiger partial charge is 0.491 e. The second-order valence-corrected chi connectivity index (χ2v) is 7.58. The van der Waals surface area contributed by atoms with Gasteiger partial charge in [-0.15, -0.1) is 35.0 Å². The molecule has 0 N–H and O–H groups in total. The van der Waals surface area contributed by atoms with Crippen LogP contribution in [0.4, 0.5) is 5.82 Å². The summed E-state index contributed by atoms with van der Waals surface area (Å²) >= 11 is 0. The quantitative estimate of drug-likeness (QED) is 0.389. The highest BCUT2D eigenvalue weighted by molar-refractivity contribution is 5.85. The summed E-state index contributed by atoms with van der Waals surface area (Å²) in [6, 6.07) is 6.30. The lowest BCUT2D eigenvalue weighted by Crippen LogP contribution is -2.47. The average molecular weight is 492 g/mol. The monoisotopic (exact) mass is 491 g/mol. The fourth-order valence-corrected chi connectivity index (χ4v) is 4.07. The summed E-state index contributed by atoms with van der Waals surface area (Å²) in [6.07, 6.45) is 9.68. The van der Waals surface area contributed by atoms with Crippen LogP contribution in [0.5, 0.6) is 5.75 Å². The smallest absolute Gasteiger partial charge is 0.179 e. The molecule has 33 heavy (non-hydrogen) atoms. The minimum atomic E-state index is 0. The van der Waals surface area contributed by atoms with Gasteiger partial charge in [-0.1, -0.05) is 0 Å². The topological polar surface area (TPSA) is 90.0 Å². The first-order chi connectivity index (χ1) is 15.3. The lowest BCUT2D eigenvalue weighted by Gasteiger charge is -2.35. The zero-order valence-electron chi connectivity index (χ0n) is 18.3. The maximum atomic E-state index is 5.40. The zero-order valence-corrected chi connectivity index (χ0v) is 20.0. The van der Waals surface area contributed by atoms with Crippen molar-refractivity contribution < 1.29 is 4.74 Å². The minimum absolute atomic E-state index is 0. The van der Waals surface area contributed by atoms with E-state index in [0.717, 1.165) is 73.8 Å². The Bertz CT molecular complexity index is 1140. The minimum Gasteiger partial charge on any atom is -0.491 e. The molecular weight excluding hydrogens is 465 g/mol. The molecule has 1 aliphatic heterocycles. The van der Waals surface area contributed by atoms with Crippen LogP contribution in [-0.4, -0.2) is 79.2 Å². The second kappa shape index (κ2) is 11.3. The molecule has 176 valence electrons. The first-order valence-electron chi connectivity index (χ1n) is 10.4. The first-order valence-corrected chi connectivity index (χ1v) is 10.4. The number of hydrogen-bond acceptors (Lipinski definition) is 8. The molecule has 3 aromatic heterocycles. The molecule has 1 fully saturated rings. The standard InChI is InChI=1S/C21H25N9O.2ClH/c1-31-20-13-22-14-23-21(20)28-9-7-27(8-10-28)5-2-6-30-19-4-3-18(11-17(19)12-26-30)29-15-24-25-16-29;;/h3-4,11-16H,2,5-10H2,1H3;2*1H. The molecule has 0 saturated carbocycles. The number of aromatic nitrogens is 7. The van der Waals surface area contributed by atoms with Crippen LogP contribution in [0.25, 0.3) is 16.6 Å². The Labute approximate surface area is 204 Å². The molecule has 0 aliphatic carbocycles. The maximum Gasteiger partial charge on any atom is 0.179 e. The van der Waals surface area contributed by atoms with Crippen molar-refractivity contribution >= 4 is 41.5 Å². The van der Waals surface area contributed by atoms with Gasteiger partial charge >= 0.3 is 0 Å². The number of methoxy groups -OCH3 is 1. The van der Waals surface area contributed by atoms with Gasteiger partial charge in [-0.2, -0.15) is 5.10 Å². The van der Waals surface area contributed by atoms with E-state index in [1.54, 1.807) is 32.3 Å². The molecule has 1 saturated heterocycles. The van der Waals surface area contributed by atoms with E-state index in [1.807, 2.05) is 10.8 Å². The highest BCUT2D eigenvalue weighted by Crippen LogP contribution is 2.24. The zero-order chi connectivity index (χ0) is 21.0. The van der Waals surface area contributed by atoms with Crippen LogP contribution in [0.15, 0.2) is 49.6 Å². The van der Waals surface area contributed by atoms with Crippen LogP contribution in [-0.2, 0) is 6.54 Å². The molecule has 0 amide bonds. The van der Waals surface area contributed by atoms with Crippen molar-refractivity contribution in [1.82, 2.24) is 39.4 Å². The van der Waals surface area contributed by atoms with E-state index < -0.39 is 0 Å². The maximum absolute atomic E-state index is 5.40. The molecule has 5 rings (SSSR count). The number of hydrogen-bond donors (Lipinski definition) is 0. The number of piperazine rings is 1. The van der Waals surface area contributed by atoms with Gasteiger partial charge in [-0.3, -0.25) is 14.1 Å². The molecule has 1 aliphatic rings.